The van der Waals surface area contributed by atoms with E-state index in [0.717, 1.165) is 6.07 Å². The molecule has 21 heavy (non-hydrogen) atoms. The molecule has 0 fully saturated rings. The highest BCUT2D eigenvalue weighted by Gasteiger charge is 2.22. The number of carboxylic acids is 1. The number of aryl methyl sites for hydroxylation is 1. The summed E-state index contributed by atoms with van der Waals surface area (Å²) in [6.07, 6.45) is 0. The van der Waals surface area contributed by atoms with Gasteiger partial charge < -0.3 is 9.52 Å². The van der Waals surface area contributed by atoms with Gasteiger partial charge in [0.2, 0.25) is 5.89 Å². The van der Waals surface area contributed by atoms with Crippen molar-refractivity contribution in [1.29, 1.82) is 0 Å². The van der Waals surface area contributed by atoms with Crippen molar-refractivity contribution in [2.75, 3.05) is 4.72 Å². The number of nitrogens with one attached hydrogen (secondary N) is 1. The van der Waals surface area contributed by atoms with E-state index in [4.69, 9.17) is 21.1 Å². The first-order chi connectivity index (χ1) is 9.70. The molecule has 0 aliphatic heterocycles. The summed E-state index contributed by atoms with van der Waals surface area (Å²) in [6.45, 7) is 1.49. The van der Waals surface area contributed by atoms with Crippen LogP contribution >= 0.6 is 27.5 Å². The second-order valence-corrected chi connectivity index (χ2v) is 6.72. The van der Waals surface area contributed by atoms with Gasteiger partial charge in [-0.1, -0.05) is 16.7 Å². The molecule has 0 saturated carbocycles. The van der Waals surface area contributed by atoms with Gasteiger partial charge in [-0.3, -0.25) is 0 Å². The third kappa shape index (κ3) is 3.34. The molecule has 0 atom stereocenters. The van der Waals surface area contributed by atoms with E-state index < -0.39 is 16.0 Å². The van der Waals surface area contributed by atoms with Crippen LogP contribution in [0.4, 0.5) is 6.01 Å². The van der Waals surface area contributed by atoms with E-state index in [2.05, 4.69) is 26.1 Å². The van der Waals surface area contributed by atoms with Crippen molar-refractivity contribution >= 4 is 49.5 Å². The molecule has 11 heteroatoms. The second-order valence-electron chi connectivity index (χ2n) is 3.80. The van der Waals surface area contributed by atoms with Crippen molar-refractivity contribution < 1.29 is 22.7 Å². The Morgan fingerprint density at radius 2 is 2.10 bits per heavy atom. The number of rotatable bonds is 4. The van der Waals surface area contributed by atoms with Gasteiger partial charge in [-0.2, -0.15) is 0 Å². The Morgan fingerprint density at radius 3 is 2.62 bits per heavy atom. The van der Waals surface area contributed by atoms with E-state index in [1.165, 1.54) is 13.0 Å². The van der Waals surface area contributed by atoms with Crippen LogP contribution in [-0.4, -0.2) is 29.7 Å². The number of aromatic carboxylic acids is 1. The fourth-order valence-electron chi connectivity index (χ4n) is 1.39. The maximum Gasteiger partial charge on any atom is 0.337 e. The van der Waals surface area contributed by atoms with Crippen molar-refractivity contribution in [2.45, 2.75) is 11.8 Å². The number of benzene rings is 1. The Balaban J connectivity index is 2.47. The van der Waals surface area contributed by atoms with Crippen LogP contribution in [0.15, 0.2) is 25.9 Å². The number of hydrogen-bond donors (Lipinski definition) is 2. The second kappa shape index (κ2) is 5.62. The number of aromatic nitrogens is 2. The summed E-state index contributed by atoms with van der Waals surface area (Å²) in [7, 11) is -4.09. The molecule has 0 radical (unpaired) electrons. The lowest BCUT2D eigenvalue weighted by Gasteiger charge is -2.08. The standard InChI is InChI=1S/C10H7BrClN3O5S/c1-4-13-14-10(20-4)15-21(18,19)5-2-6(9(16)17)8(12)7(11)3-5/h2-3H,1H3,(H,14,15)(H,16,17). The van der Waals surface area contributed by atoms with Crippen LogP contribution in [0.5, 0.6) is 0 Å². The third-order valence-electron chi connectivity index (χ3n) is 2.29. The largest absolute Gasteiger partial charge is 0.478 e. The topological polar surface area (TPSA) is 122 Å². The van der Waals surface area contributed by atoms with Gasteiger partial charge in [-0.05, 0) is 28.1 Å². The molecule has 1 heterocycles. The minimum absolute atomic E-state index is 0.102. The van der Waals surface area contributed by atoms with Gasteiger partial charge in [0.1, 0.15) is 0 Å². The molecule has 0 aliphatic rings. The molecular formula is C10H7BrClN3O5S. The van der Waals surface area contributed by atoms with Gasteiger partial charge in [-0.25, -0.2) is 17.9 Å². The van der Waals surface area contributed by atoms with Crippen LogP contribution in [0.1, 0.15) is 16.2 Å². The highest BCUT2D eigenvalue weighted by atomic mass is 79.9. The smallest absolute Gasteiger partial charge is 0.337 e. The summed E-state index contributed by atoms with van der Waals surface area (Å²) in [5.74, 6) is -1.18. The molecule has 1 aromatic heterocycles. The van der Waals surface area contributed by atoms with Crippen LogP contribution < -0.4 is 4.72 Å². The number of nitrogens with zero attached hydrogens (tertiary/aromatic N) is 2. The number of halogens is 2. The van der Waals surface area contributed by atoms with E-state index >= 15 is 0 Å². The molecule has 0 spiro atoms. The van der Waals surface area contributed by atoms with Crippen LogP contribution in [0, 0.1) is 6.92 Å². The molecule has 0 saturated heterocycles. The van der Waals surface area contributed by atoms with Crippen molar-refractivity contribution in [3.63, 3.8) is 0 Å². The minimum Gasteiger partial charge on any atom is -0.478 e. The lowest BCUT2D eigenvalue weighted by Crippen LogP contribution is -2.14. The van der Waals surface area contributed by atoms with Gasteiger partial charge in [0.15, 0.2) is 0 Å². The monoisotopic (exact) mass is 395 g/mol. The molecule has 0 amide bonds. The van der Waals surface area contributed by atoms with Crippen LogP contribution in [0.3, 0.4) is 0 Å². The molecule has 112 valence electrons. The molecule has 1 aromatic carbocycles. The average molecular weight is 397 g/mol. The summed E-state index contributed by atoms with van der Waals surface area (Å²) >= 11 is 8.80. The zero-order valence-corrected chi connectivity index (χ0v) is 13.5. The Morgan fingerprint density at radius 1 is 1.43 bits per heavy atom. The number of carboxylic acid groups (broad SMARTS) is 1. The summed E-state index contributed by atoms with van der Waals surface area (Å²) < 4.78 is 31.4. The third-order valence-corrected chi connectivity index (χ3v) is 4.85. The van der Waals surface area contributed by atoms with E-state index in [9.17, 15) is 13.2 Å². The predicted molar refractivity (Wildman–Crippen MR) is 76.0 cm³/mol. The molecule has 0 bridgehead atoms. The SMILES string of the molecule is Cc1nnc(NS(=O)(=O)c2cc(Br)c(Cl)c(C(=O)O)c2)o1. The molecule has 8 nitrogen and oxygen atoms in total. The van der Waals surface area contributed by atoms with Gasteiger partial charge in [0.05, 0.1) is 15.5 Å². The van der Waals surface area contributed by atoms with E-state index in [1.54, 1.807) is 0 Å². The van der Waals surface area contributed by atoms with Gasteiger partial charge in [0.25, 0.3) is 10.0 Å². The molecule has 0 aliphatic carbocycles. The summed E-state index contributed by atoms with van der Waals surface area (Å²) in [5.41, 5.74) is -0.354. The fraction of sp³-hybridized carbons (Fsp3) is 0.100. The highest BCUT2D eigenvalue weighted by Crippen LogP contribution is 2.30. The summed E-state index contributed by atoms with van der Waals surface area (Å²) in [5, 5.41) is 15.9. The number of carbonyl (C=O) groups is 1. The van der Waals surface area contributed by atoms with Crippen molar-refractivity contribution in [1.82, 2.24) is 10.2 Å². The zero-order chi connectivity index (χ0) is 15.8. The van der Waals surface area contributed by atoms with Crippen LogP contribution in [0.25, 0.3) is 0 Å². The molecule has 2 rings (SSSR count). The summed E-state index contributed by atoms with van der Waals surface area (Å²) in [6, 6.07) is 1.77. The number of hydrogen-bond acceptors (Lipinski definition) is 6. The fourth-order valence-corrected chi connectivity index (χ4v) is 3.16. The van der Waals surface area contributed by atoms with Crippen molar-refractivity contribution in [2.24, 2.45) is 0 Å². The lowest BCUT2D eigenvalue weighted by atomic mass is 10.2. The number of sulfonamides is 1. The first-order valence-electron chi connectivity index (χ1n) is 5.26. The average Bonchev–Trinajstić information content (AvgIpc) is 2.76. The molecular weight excluding hydrogens is 390 g/mol. The maximum atomic E-state index is 12.2. The van der Waals surface area contributed by atoms with E-state index in [-0.39, 0.29) is 31.9 Å². The predicted octanol–water partition coefficient (Wildman–Crippen LogP) is 2.29. The van der Waals surface area contributed by atoms with E-state index in [1.807, 2.05) is 4.72 Å². The molecule has 2 N–H and O–H groups in total. The van der Waals surface area contributed by atoms with Gasteiger partial charge in [0, 0.05) is 11.4 Å². The molecule has 2 aromatic rings. The maximum absolute atomic E-state index is 12.2. The Labute approximate surface area is 132 Å². The van der Waals surface area contributed by atoms with Crippen LogP contribution in [-0.2, 0) is 10.0 Å². The Kier molecular flexibility index (Phi) is 4.21. The first kappa shape index (κ1) is 15.7. The normalized spacial score (nSPS) is 11.4. The zero-order valence-electron chi connectivity index (χ0n) is 10.3. The molecule has 0 unspecified atom stereocenters. The van der Waals surface area contributed by atoms with Gasteiger partial charge in [-0.15, -0.1) is 5.10 Å². The Hall–Kier alpha value is -1.65. The van der Waals surface area contributed by atoms with E-state index in [0.29, 0.717) is 0 Å². The number of anilines is 1. The van der Waals surface area contributed by atoms with Crippen molar-refractivity contribution in [3.05, 3.63) is 33.1 Å². The Bertz CT molecular complexity index is 820. The minimum atomic E-state index is -4.09. The van der Waals surface area contributed by atoms with Gasteiger partial charge >= 0.3 is 12.0 Å². The lowest BCUT2D eigenvalue weighted by molar-refractivity contribution is 0.0696. The summed E-state index contributed by atoms with van der Waals surface area (Å²) in [4.78, 5) is 10.7. The van der Waals surface area contributed by atoms with Crippen molar-refractivity contribution in [3.8, 4) is 0 Å². The first-order valence-corrected chi connectivity index (χ1v) is 7.91. The highest BCUT2D eigenvalue weighted by molar-refractivity contribution is 9.10. The van der Waals surface area contributed by atoms with Crippen LogP contribution in [0.2, 0.25) is 5.02 Å². The quantitative estimate of drug-likeness (QED) is 0.813.